The average Bonchev–Trinajstić information content (AvgIpc) is 2.68. The van der Waals surface area contributed by atoms with Gasteiger partial charge < -0.3 is 15.3 Å². The number of nitrogens with zero attached hydrogens (tertiary/aromatic N) is 1. The van der Waals surface area contributed by atoms with Gasteiger partial charge in [-0.3, -0.25) is 0 Å². The largest absolute Gasteiger partial charge is 0.388 e. The molecule has 0 bridgehead atoms. The third-order valence-corrected chi connectivity index (χ3v) is 3.70. The van der Waals surface area contributed by atoms with Crippen molar-refractivity contribution in [1.29, 1.82) is 0 Å². The summed E-state index contributed by atoms with van der Waals surface area (Å²) in [5.41, 5.74) is 0.813. The Kier molecular flexibility index (Phi) is 3.59. The molecule has 1 aliphatic rings. The number of benzene rings is 1. The molecule has 1 fully saturated rings. The normalized spacial score (nSPS) is 25.5. The van der Waals surface area contributed by atoms with E-state index < -0.39 is 5.60 Å². The summed E-state index contributed by atoms with van der Waals surface area (Å²) in [5.74, 6) is -0.215. The van der Waals surface area contributed by atoms with Crippen LogP contribution in [0.25, 0.3) is 0 Å². The predicted molar refractivity (Wildman–Crippen MR) is 71.3 cm³/mol. The van der Waals surface area contributed by atoms with Gasteiger partial charge in [-0.15, -0.1) is 0 Å². The Bertz CT molecular complexity index is 434. The highest BCUT2D eigenvalue weighted by atomic mass is 19.1. The molecule has 1 aliphatic heterocycles. The van der Waals surface area contributed by atoms with Crippen LogP contribution in [-0.4, -0.2) is 30.8 Å². The highest BCUT2D eigenvalue weighted by molar-refractivity contribution is 5.51. The van der Waals surface area contributed by atoms with Crippen LogP contribution in [0.2, 0.25) is 0 Å². The molecule has 2 unspecified atom stereocenters. The first kappa shape index (κ1) is 13.3. The first-order valence-corrected chi connectivity index (χ1v) is 6.37. The van der Waals surface area contributed by atoms with Crippen LogP contribution in [0.5, 0.6) is 0 Å². The average molecular weight is 252 g/mol. The van der Waals surface area contributed by atoms with Crippen LogP contribution < -0.4 is 10.2 Å². The van der Waals surface area contributed by atoms with Gasteiger partial charge in [-0.1, -0.05) is 6.07 Å². The van der Waals surface area contributed by atoms with Gasteiger partial charge in [0.25, 0.3) is 0 Å². The number of hydrogen-bond donors (Lipinski definition) is 2. The van der Waals surface area contributed by atoms with Crippen LogP contribution in [0.3, 0.4) is 0 Å². The van der Waals surface area contributed by atoms with Crippen molar-refractivity contribution in [3.8, 4) is 0 Å². The van der Waals surface area contributed by atoms with E-state index >= 15 is 0 Å². The van der Waals surface area contributed by atoms with Gasteiger partial charge in [0.05, 0.1) is 11.3 Å². The molecule has 0 aliphatic carbocycles. The molecule has 3 nitrogen and oxygen atoms in total. The second-order valence-electron chi connectivity index (χ2n) is 5.39. The van der Waals surface area contributed by atoms with E-state index in [9.17, 15) is 9.50 Å². The Morgan fingerprint density at radius 3 is 2.72 bits per heavy atom. The number of β-amino-alcohol motifs (C(OH)–C–C–N with tert-alkyl or cyclic N) is 1. The second kappa shape index (κ2) is 4.86. The molecule has 1 aromatic carbocycles. The Morgan fingerprint density at radius 1 is 1.50 bits per heavy atom. The molecule has 2 rings (SSSR count). The second-order valence-corrected chi connectivity index (χ2v) is 5.39. The van der Waals surface area contributed by atoms with E-state index in [1.807, 2.05) is 24.9 Å². The van der Waals surface area contributed by atoms with Gasteiger partial charge in [0.15, 0.2) is 0 Å². The Morgan fingerprint density at radius 2 is 2.22 bits per heavy atom. The lowest BCUT2D eigenvalue weighted by Crippen LogP contribution is -2.30. The minimum atomic E-state index is -0.705. The molecule has 0 saturated carbocycles. The van der Waals surface area contributed by atoms with Crippen molar-refractivity contribution in [1.82, 2.24) is 5.32 Å². The minimum Gasteiger partial charge on any atom is -0.388 e. The number of aliphatic hydroxyl groups is 1. The lowest BCUT2D eigenvalue weighted by atomic mass is 10.1. The summed E-state index contributed by atoms with van der Waals surface area (Å²) in [4.78, 5) is 1.91. The summed E-state index contributed by atoms with van der Waals surface area (Å²) in [7, 11) is 1.86. The SMILES string of the molecule is CNC(C)c1ccc(N2CCC(C)(O)C2)c(F)c1. The maximum Gasteiger partial charge on any atom is 0.146 e. The summed E-state index contributed by atoms with van der Waals surface area (Å²) in [6.45, 7) is 4.98. The standard InChI is InChI=1S/C14H21FN2O/c1-10(16-3)11-4-5-13(12(15)8-11)17-7-6-14(2,18)9-17/h4-5,8,10,16,18H,6-7,9H2,1-3H3. The van der Waals surface area contributed by atoms with Crippen molar-refractivity contribution in [3.63, 3.8) is 0 Å². The summed E-state index contributed by atoms with van der Waals surface area (Å²) in [6.07, 6.45) is 0.682. The molecular formula is C14H21FN2O. The first-order valence-electron chi connectivity index (χ1n) is 6.37. The van der Waals surface area contributed by atoms with Crippen LogP contribution in [-0.2, 0) is 0 Å². The summed E-state index contributed by atoms with van der Waals surface area (Å²) < 4.78 is 14.1. The number of nitrogens with one attached hydrogen (secondary N) is 1. The molecule has 0 radical (unpaired) electrons. The van der Waals surface area contributed by atoms with Crippen molar-refractivity contribution in [3.05, 3.63) is 29.6 Å². The first-order chi connectivity index (χ1) is 8.43. The van der Waals surface area contributed by atoms with Gasteiger partial charge in [0.1, 0.15) is 5.82 Å². The zero-order valence-electron chi connectivity index (χ0n) is 11.2. The van der Waals surface area contributed by atoms with E-state index in [0.29, 0.717) is 25.2 Å². The topological polar surface area (TPSA) is 35.5 Å². The van der Waals surface area contributed by atoms with Gasteiger partial charge in [-0.05, 0) is 45.0 Å². The molecule has 2 atom stereocenters. The highest BCUT2D eigenvalue weighted by Crippen LogP contribution is 2.29. The number of anilines is 1. The third-order valence-electron chi connectivity index (χ3n) is 3.70. The summed E-state index contributed by atoms with van der Waals surface area (Å²) >= 11 is 0. The van der Waals surface area contributed by atoms with Gasteiger partial charge in [-0.25, -0.2) is 4.39 Å². The van der Waals surface area contributed by atoms with Crippen LogP contribution in [0.4, 0.5) is 10.1 Å². The van der Waals surface area contributed by atoms with Gasteiger partial charge >= 0.3 is 0 Å². The zero-order chi connectivity index (χ0) is 13.3. The quantitative estimate of drug-likeness (QED) is 0.864. The van der Waals surface area contributed by atoms with Crippen LogP contribution >= 0.6 is 0 Å². The maximum absolute atomic E-state index is 14.1. The maximum atomic E-state index is 14.1. The van der Waals surface area contributed by atoms with E-state index in [0.717, 1.165) is 5.56 Å². The van der Waals surface area contributed by atoms with Crippen molar-refractivity contribution < 1.29 is 9.50 Å². The van der Waals surface area contributed by atoms with Crippen molar-refractivity contribution >= 4 is 5.69 Å². The number of rotatable bonds is 3. The van der Waals surface area contributed by atoms with Crippen LogP contribution in [0.15, 0.2) is 18.2 Å². The Labute approximate surface area is 108 Å². The molecular weight excluding hydrogens is 231 g/mol. The fourth-order valence-corrected chi connectivity index (χ4v) is 2.37. The molecule has 2 N–H and O–H groups in total. The Hall–Kier alpha value is -1.13. The number of hydrogen-bond acceptors (Lipinski definition) is 3. The van der Waals surface area contributed by atoms with Crippen molar-refractivity contribution in [2.24, 2.45) is 0 Å². The monoisotopic (exact) mass is 252 g/mol. The molecule has 0 amide bonds. The van der Waals surface area contributed by atoms with E-state index in [1.165, 1.54) is 0 Å². The summed E-state index contributed by atoms with van der Waals surface area (Å²) in [6, 6.07) is 5.45. The zero-order valence-corrected chi connectivity index (χ0v) is 11.2. The molecule has 4 heteroatoms. The fraction of sp³-hybridized carbons (Fsp3) is 0.571. The highest BCUT2D eigenvalue weighted by Gasteiger charge is 2.32. The molecule has 1 saturated heterocycles. The fourth-order valence-electron chi connectivity index (χ4n) is 2.37. The van der Waals surface area contributed by atoms with Gasteiger partial charge in [-0.2, -0.15) is 0 Å². The van der Waals surface area contributed by atoms with E-state index in [1.54, 1.807) is 19.1 Å². The van der Waals surface area contributed by atoms with Gasteiger partial charge in [0.2, 0.25) is 0 Å². The van der Waals surface area contributed by atoms with Crippen LogP contribution in [0.1, 0.15) is 31.9 Å². The number of halogens is 1. The lowest BCUT2D eigenvalue weighted by molar-refractivity contribution is 0.0839. The molecule has 100 valence electrons. The predicted octanol–water partition coefficient (Wildman–Crippen LogP) is 2.07. The smallest absolute Gasteiger partial charge is 0.146 e. The van der Waals surface area contributed by atoms with Crippen LogP contribution in [0, 0.1) is 5.82 Å². The molecule has 1 heterocycles. The van der Waals surface area contributed by atoms with E-state index in [-0.39, 0.29) is 11.9 Å². The lowest BCUT2D eigenvalue weighted by Gasteiger charge is -2.22. The molecule has 18 heavy (non-hydrogen) atoms. The van der Waals surface area contributed by atoms with E-state index in [2.05, 4.69) is 5.32 Å². The molecule has 0 aromatic heterocycles. The van der Waals surface area contributed by atoms with E-state index in [4.69, 9.17) is 0 Å². The molecule has 0 spiro atoms. The minimum absolute atomic E-state index is 0.134. The Balaban J connectivity index is 2.20. The molecule has 1 aromatic rings. The van der Waals surface area contributed by atoms with Crippen molar-refractivity contribution in [2.45, 2.75) is 31.9 Å². The van der Waals surface area contributed by atoms with Gasteiger partial charge in [0, 0.05) is 19.1 Å². The third kappa shape index (κ3) is 2.65. The van der Waals surface area contributed by atoms with Crippen molar-refractivity contribution in [2.75, 3.05) is 25.0 Å². The summed E-state index contributed by atoms with van der Waals surface area (Å²) in [5, 5.41) is 13.0.